The summed E-state index contributed by atoms with van der Waals surface area (Å²) in [5.41, 5.74) is -1.42. The third-order valence-electron chi connectivity index (χ3n) is 4.96. The summed E-state index contributed by atoms with van der Waals surface area (Å²) in [5.74, 6) is -0.288. The second-order valence-corrected chi connectivity index (χ2v) is 5.71. The molecule has 2 bridgehead atoms. The number of fused-ring (bicyclic) bond motifs is 2. The van der Waals surface area contributed by atoms with Crippen molar-refractivity contribution >= 4 is 0 Å². The molecule has 4 atom stereocenters. The van der Waals surface area contributed by atoms with Crippen LogP contribution in [0.15, 0.2) is 24.3 Å². The maximum absolute atomic E-state index is 13.6. The highest BCUT2D eigenvalue weighted by Gasteiger charge is 2.66. The lowest BCUT2D eigenvalue weighted by Crippen LogP contribution is -2.47. The molecule has 3 aliphatic rings. The molecule has 0 aromatic heterocycles. The predicted molar refractivity (Wildman–Crippen MR) is 60.3 cm³/mol. The Bertz CT molecular complexity index is 366. The number of alkyl halides is 3. The lowest BCUT2D eigenvalue weighted by Gasteiger charge is -2.44. The Balaban J connectivity index is 1.98. The lowest BCUT2D eigenvalue weighted by atomic mass is 9.62. The van der Waals surface area contributed by atoms with Crippen LogP contribution in [-0.4, -0.2) is 6.18 Å². The van der Waals surface area contributed by atoms with Crippen LogP contribution < -0.4 is 0 Å². The van der Waals surface area contributed by atoms with Crippen molar-refractivity contribution in [3.63, 3.8) is 0 Å². The quantitative estimate of drug-likeness (QED) is 0.594. The van der Waals surface area contributed by atoms with E-state index < -0.39 is 11.6 Å². The first-order chi connectivity index (χ1) is 8.04. The summed E-state index contributed by atoms with van der Waals surface area (Å²) in [6, 6.07) is 0. The minimum atomic E-state index is -4.05. The van der Waals surface area contributed by atoms with E-state index in [0.29, 0.717) is 19.3 Å². The van der Waals surface area contributed by atoms with Gasteiger partial charge in [-0.1, -0.05) is 24.3 Å². The number of rotatable bonds is 1. The van der Waals surface area contributed by atoms with E-state index in [-0.39, 0.29) is 17.8 Å². The molecule has 0 spiro atoms. The molecular formula is C14H17F3. The second kappa shape index (κ2) is 3.63. The van der Waals surface area contributed by atoms with E-state index in [9.17, 15) is 13.2 Å². The van der Waals surface area contributed by atoms with E-state index in [1.807, 2.05) is 24.3 Å². The molecule has 0 nitrogen and oxygen atoms in total. The van der Waals surface area contributed by atoms with Gasteiger partial charge in [-0.2, -0.15) is 13.2 Å². The molecule has 0 heterocycles. The molecule has 3 rings (SSSR count). The van der Waals surface area contributed by atoms with Gasteiger partial charge in [0.2, 0.25) is 0 Å². The van der Waals surface area contributed by atoms with Crippen LogP contribution in [0.5, 0.6) is 0 Å². The lowest BCUT2D eigenvalue weighted by molar-refractivity contribution is -0.254. The van der Waals surface area contributed by atoms with Crippen LogP contribution in [0.25, 0.3) is 0 Å². The van der Waals surface area contributed by atoms with Crippen molar-refractivity contribution in [2.24, 2.45) is 23.2 Å². The molecule has 0 saturated heterocycles. The largest absolute Gasteiger partial charge is 0.395 e. The first kappa shape index (κ1) is 11.4. The van der Waals surface area contributed by atoms with Crippen LogP contribution >= 0.6 is 0 Å². The first-order valence-corrected chi connectivity index (χ1v) is 6.44. The van der Waals surface area contributed by atoms with E-state index in [2.05, 4.69) is 0 Å². The highest BCUT2D eigenvalue weighted by molar-refractivity contribution is 5.20. The molecule has 3 heteroatoms. The Hall–Kier alpha value is -0.730. The molecule has 17 heavy (non-hydrogen) atoms. The topological polar surface area (TPSA) is 0 Å². The number of halogens is 3. The smallest absolute Gasteiger partial charge is 0.170 e. The molecular weight excluding hydrogens is 225 g/mol. The molecule has 0 aliphatic heterocycles. The fourth-order valence-electron chi connectivity index (χ4n) is 4.18. The highest BCUT2D eigenvalue weighted by Crippen LogP contribution is 2.65. The third-order valence-corrected chi connectivity index (χ3v) is 4.96. The molecule has 94 valence electrons. The molecule has 0 radical (unpaired) electrons. The summed E-state index contributed by atoms with van der Waals surface area (Å²) in [6.45, 7) is 0. The minimum absolute atomic E-state index is 0.174. The van der Waals surface area contributed by atoms with Crippen molar-refractivity contribution in [2.45, 2.75) is 38.3 Å². The number of allylic oxidation sites excluding steroid dienone is 4. The van der Waals surface area contributed by atoms with E-state index in [4.69, 9.17) is 0 Å². The monoisotopic (exact) mass is 242 g/mol. The van der Waals surface area contributed by atoms with Crippen LogP contribution in [0.1, 0.15) is 32.1 Å². The number of hydrogen-bond donors (Lipinski definition) is 0. The maximum atomic E-state index is 13.6. The highest BCUT2D eigenvalue weighted by atomic mass is 19.4. The van der Waals surface area contributed by atoms with Crippen LogP contribution in [0.3, 0.4) is 0 Å². The zero-order valence-corrected chi connectivity index (χ0v) is 9.71. The Morgan fingerprint density at radius 1 is 1.12 bits per heavy atom. The molecule has 0 amide bonds. The summed E-state index contributed by atoms with van der Waals surface area (Å²) in [5, 5.41) is 0. The van der Waals surface area contributed by atoms with E-state index in [1.165, 1.54) is 0 Å². The molecule has 0 aromatic carbocycles. The molecule has 0 N–H and O–H groups in total. The van der Waals surface area contributed by atoms with Gasteiger partial charge in [-0.3, -0.25) is 0 Å². The van der Waals surface area contributed by atoms with Gasteiger partial charge in [0.05, 0.1) is 5.41 Å². The maximum Gasteiger partial charge on any atom is 0.395 e. The van der Waals surface area contributed by atoms with Gasteiger partial charge in [-0.15, -0.1) is 0 Å². The average molecular weight is 242 g/mol. The van der Waals surface area contributed by atoms with Crippen molar-refractivity contribution in [2.75, 3.05) is 0 Å². The van der Waals surface area contributed by atoms with E-state index in [0.717, 1.165) is 12.8 Å². The van der Waals surface area contributed by atoms with Gasteiger partial charge in [-0.05, 0) is 49.9 Å². The average Bonchev–Trinajstić information content (AvgIpc) is 2.89. The standard InChI is InChI=1S/C14H17F3/c15-14(16,17)13(11-4-2-1-3-5-11)9-10-6-7-12(13)8-10/h1-2,6-7,10-12H,3-5,8-9H2. The molecule has 3 aliphatic carbocycles. The summed E-state index contributed by atoms with van der Waals surface area (Å²) >= 11 is 0. The Kier molecular flexibility index (Phi) is 2.43. The van der Waals surface area contributed by atoms with E-state index in [1.54, 1.807) is 0 Å². The van der Waals surface area contributed by atoms with Crippen LogP contribution in [-0.2, 0) is 0 Å². The van der Waals surface area contributed by atoms with Gasteiger partial charge in [0.1, 0.15) is 0 Å². The second-order valence-electron chi connectivity index (χ2n) is 5.71. The van der Waals surface area contributed by atoms with Crippen LogP contribution in [0.4, 0.5) is 13.2 Å². The molecule has 4 unspecified atom stereocenters. The normalized spacial score (nSPS) is 44.5. The van der Waals surface area contributed by atoms with Crippen molar-refractivity contribution in [3.8, 4) is 0 Å². The molecule has 1 saturated carbocycles. The Morgan fingerprint density at radius 2 is 1.94 bits per heavy atom. The van der Waals surface area contributed by atoms with E-state index >= 15 is 0 Å². The molecule has 1 fully saturated rings. The van der Waals surface area contributed by atoms with Gasteiger partial charge < -0.3 is 0 Å². The van der Waals surface area contributed by atoms with Gasteiger partial charge in [0.25, 0.3) is 0 Å². The van der Waals surface area contributed by atoms with Crippen molar-refractivity contribution in [1.82, 2.24) is 0 Å². The fraction of sp³-hybridized carbons (Fsp3) is 0.714. The first-order valence-electron chi connectivity index (χ1n) is 6.44. The Morgan fingerprint density at radius 3 is 2.41 bits per heavy atom. The predicted octanol–water partition coefficient (Wildman–Crippen LogP) is 4.49. The summed E-state index contributed by atoms with van der Waals surface area (Å²) in [7, 11) is 0. The van der Waals surface area contributed by atoms with Gasteiger partial charge >= 0.3 is 6.18 Å². The summed E-state index contributed by atoms with van der Waals surface area (Å²) in [4.78, 5) is 0. The Labute approximate surface area is 99.6 Å². The van der Waals surface area contributed by atoms with Crippen molar-refractivity contribution in [3.05, 3.63) is 24.3 Å². The molecule has 0 aromatic rings. The zero-order valence-electron chi connectivity index (χ0n) is 9.71. The van der Waals surface area contributed by atoms with Crippen LogP contribution in [0.2, 0.25) is 0 Å². The van der Waals surface area contributed by atoms with Gasteiger partial charge in [-0.25, -0.2) is 0 Å². The van der Waals surface area contributed by atoms with Gasteiger partial charge in [0.15, 0.2) is 0 Å². The summed E-state index contributed by atoms with van der Waals surface area (Å²) < 4.78 is 40.8. The minimum Gasteiger partial charge on any atom is -0.170 e. The summed E-state index contributed by atoms with van der Waals surface area (Å²) in [6.07, 6.45) is 6.91. The zero-order chi connectivity index (χ0) is 12.1. The third kappa shape index (κ3) is 1.50. The number of hydrogen-bond acceptors (Lipinski definition) is 0. The SMILES string of the molecule is FC(F)(F)C1(C2CC=CCC2)CC2C=CC1C2. The van der Waals surface area contributed by atoms with Gasteiger partial charge in [0, 0.05) is 0 Å². The van der Waals surface area contributed by atoms with Crippen LogP contribution in [0, 0.1) is 23.2 Å². The van der Waals surface area contributed by atoms with Crippen molar-refractivity contribution < 1.29 is 13.2 Å². The fourth-order valence-corrected chi connectivity index (χ4v) is 4.18. The van der Waals surface area contributed by atoms with Crippen molar-refractivity contribution in [1.29, 1.82) is 0 Å².